The van der Waals surface area contributed by atoms with Gasteiger partial charge in [0.25, 0.3) is 5.91 Å². The Hall–Kier alpha value is -2.64. The van der Waals surface area contributed by atoms with Gasteiger partial charge in [0, 0.05) is 30.9 Å². The second-order valence-electron chi connectivity index (χ2n) is 8.92. The van der Waals surface area contributed by atoms with Crippen molar-refractivity contribution in [2.24, 2.45) is 0 Å². The Labute approximate surface area is 201 Å². The number of rotatable bonds is 9. The van der Waals surface area contributed by atoms with E-state index in [0.717, 1.165) is 43.2 Å². The summed E-state index contributed by atoms with van der Waals surface area (Å²) in [7, 11) is 0. The Morgan fingerprint density at radius 2 is 1.85 bits per heavy atom. The molecule has 0 spiro atoms. The fraction of sp³-hybridized carbons (Fsp3) is 0.480. The smallest absolute Gasteiger partial charge is 0.258 e. The fourth-order valence-corrected chi connectivity index (χ4v) is 3.83. The van der Waals surface area contributed by atoms with Crippen molar-refractivity contribution in [3.05, 3.63) is 47.0 Å². The first-order chi connectivity index (χ1) is 15.7. The molecule has 0 atom stereocenters. The lowest BCUT2D eigenvalue weighted by Gasteiger charge is -2.29. The van der Waals surface area contributed by atoms with Crippen molar-refractivity contribution in [3.8, 4) is 11.5 Å². The van der Waals surface area contributed by atoms with Crippen molar-refractivity contribution in [2.45, 2.75) is 39.8 Å². The third-order valence-electron chi connectivity index (χ3n) is 4.98. The summed E-state index contributed by atoms with van der Waals surface area (Å²) in [5, 5.41) is 7.01. The highest BCUT2D eigenvalue weighted by Gasteiger charge is 2.16. The summed E-state index contributed by atoms with van der Waals surface area (Å²) in [6.07, 6.45) is 0. The summed E-state index contributed by atoms with van der Waals surface area (Å²) in [6, 6.07) is 11.7. The van der Waals surface area contributed by atoms with Gasteiger partial charge in [0.1, 0.15) is 0 Å². The van der Waals surface area contributed by atoms with Crippen molar-refractivity contribution in [1.29, 1.82) is 0 Å². The number of hydrogen-bond acceptors (Lipinski definition) is 6. The largest absolute Gasteiger partial charge is 0.490 e. The molecule has 8 heteroatoms. The first-order valence-corrected chi connectivity index (χ1v) is 11.7. The highest BCUT2D eigenvalue weighted by atomic mass is 35.5. The van der Waals surface area contributed by atoms with E-state index >= 15 is 0 Å². The minimum Gasteiger partial charge on any atom is -0.490 e. The molecule has 0 radical (unpaired) electrons. The number of halogens is 1. The quantitative estimate of drug-likeness (QED) is 0.557. The minimum absolute atomic E-state index is 0.0665. The van der Waals surface area contributed by atoms with Crippen molar-refractivity contribution >= 4 is 28.9 Å². The van der Waals surface area contributed by atoms with Crippen molar-refractivity contribution in [2.75, 3.05) is 49.7 Å². The molecule has 1 aliphatic heterocycles. The Balaban J connectivity index is 1.61. The van der Waals surface area contributed by atoms with E-state index in [1.54, 1.807) is 0 Å². The SMILES string of the molecule is CCOc1cc(CNc2ccc(N3CCOCC3)c(Cl)c2)ccc1OCC(=O)NC(C)(C)C. The molecule has 0 unspecified atom stereocenters. The van der Waals surface area contributed by atoms with Gasteiger partial charge in [-0.1, -0.05) is 17.7 Å². The van der Waals surface area contributed by atoms with Crippen LogP contribution < -0.4 is 25.0 Å². The predicted octanol–water partition coefficient (Wildman–Crippen LogP) is 4.48. The Kier molecular flexibility index (Phi) is 8.69. The minimum atomic E-state index is -0.304. The molecule has 3 rings (SSSR count). The van der Waals surface area contributed by atoms with E-state index in [9.17, 15) is 4.79 Å². The molecule has 1 amide bonds. The van der Waals surface area contributed by atoms with Crippen LogP contribution in [0.3, 0.4) is 0 Å². The molecule has 2 aromatic rings. The zero-order valence-corrected chi connectivity index (χ0v) is 20.6. The number of nitrogens with one attached hydrogen (secondary N) is 2. The number of morpholine rings is 1. The molecule has 1 heterocycles. The molecule has 1 fully saturated rings. The lowest BCUT2D eigenvalue weighted by molar-refractivity contribution is -0.124. The van der Waals surface area contributed by atoms with Gasteiger partial charge in [-0.3, -0.25) is 4.79 Å². The third-order valence-corrected chi connectivity index (χ3v) is 5.28. The van der Waals surface area contributed by atoms with Crippen LogP contribution in [-0.4, -0.2) is 51.0 Å². The number of ether oxygens (including phenoxy) is 3. The number of nitrogens with zero attached hydrogens (tertiary/aromatic N) is 1. The maximum atomic E-state index is 12.1. The number of anilines is 2. The Morgan fingerprint density at radius 1 is 1.09 bits per heavy atom. The summed E-state index contributed by atoms with van der Waals surface area (Å²) in [5.74, 6) is 0.983. The maximum Gasteiger partial charge on any atom is 0.258 e. The third kappa shape index (κ3) is 7.72. The molecule has 0 saturated carbocycles. The van der Waals surface area contributed by atoms with Gasteiger partial charge in [0.15, 0.2) is 18.1 Å². The van der Waals surface area contributed by atoms with E-state index in [1.807, 2.05) is 64.1 Å². The van der Waals surface area contributed by atoms with E-state index in [4.69, 9.17) is 25.8 Å². The van der Waals surface area contributed by atoms with E-state index in [0.29, 0.717) is 29.7 Å². The van der Waals surface area contributed by atoms with Gasteiger partial charge in [-0.05, 0) is 63.6 Å². The molecule has 0 bridgehead atoms. The van der Waals surface area contributed by atoms with E-state index in [2.05, 4.69) is 15.5 Å². The van der Waals surface area contributed by atoms with Crippen molar-refractivity contribution < 1.29 is 19.0 Å². The predicted molar refractivity (Wildman–Crippen MR) is 133 cm³/mol. The number of amides is 1. The zero-order valence-electron chi connectivity index (χ0n) is 19.9. The van der Waals surface area contributed by atoms with Gasteiger partial charge in [-0.2, -0.15) is 0 Å². The number of carbonyl (C=O) groups excluding carboxylic acids is 1. The number of benzene rings is 2. The van der Waals surface area contributed by atoms with Gasteiger partial charge in [-0.15, -0.1) is 0 Å². The van der Waals surface area contributed by atoms with Crippen LogP contribution in [0.15, 0.2) is 36.4 Å². The zero-order chi connectivity index (χ0) is 23.8. The molecule has 0 aliphatic carbocycles. The molecule has 180 valence electrons. The summed E-state index contributed by atoms with van der Waals surface area (Å²) < 4.78 is 16.9. The maximum absolute atomic E-state index is 12.1. The first-order valence-electron chi connectivity index (χ1n) is 11.3. The average Bonchev–Trinajstić information content (AvgIpc) is 2.77. The normalized spacial score (nSPS) is 14.0. The molecule has 2 N–H and O–H groups in total. The highest BCUT2D eigenvalue weighted by Crippen LogP contribution is 2.31. The Morgan fingerprint density at radius 3 is 2.52 bits per heavy atom. The molecule has 33 heavy (non-hydrogen) atoms. The van der Waals surface area contributed by atoms with Crippen LogP contribution in [0.25, 0.3) is 0 Å². The second-order valence-corrected chi connectivity index (χ2v) is 9.33. The van der Waals surface area contributed by atoms with Crippen LogP contribution in [0.1, 0.15) is 33.3 Å². The summed E-state index contributed by atoms with van der Waals surface area (Å²) in [6.45, 7) is 11.9. The van der Waals surface area contributed by atoms with Gasteiger partial charge in [0.05, 0.1) is 30.5 Å². The highest BCUT2D eigenvalue weighted by molar-refractivity contribution is 6.33. The molecule has 7 nitrogen and oxygen atoms in total. The van der Waals surface area contributed by atoms with Crippen molar-refractivity contribution in [1.82, 2.24) is 5.32 Å². The van der Waals surface area contributed by atoms with Crippen LogP contribution in [0.4, 0.5) is 11.4 Å². The van der Waals surface area contributed by atoms with Crippen LogP contribution in [0.2, 0.25) is 5.02 Å². The van der Waals surface area contributed by atoms with E-state index in [-0.39, 0.29) is 18.1 Å². The van der Waals surface area contributed by atoms with Crippen LogP contribution in [0, 0.1) is 0 Å². The lowest BCUT2D eigenvalue weighted by Crippen LogP contribution is -2.43. The fourth-order valence-electron chi connectivity index (χ4n) is 3.53. The molecule has 2 aromatic carbocycles. The Bertz CT molecular complexity index is 940. The molecule has 1 aliphatic rings. The molecule has 1 saturated heterocycles. The summed E-state index contributed by atoms with van der Waals surface area (Å²) in [4.78, 5) is 14.3. The number of carbonyl (C=O) groups is 1. The molecular weight excluding hydrogens is 442 g/mol. The van der Waals surface area contributed by atoms with Gasteiger partial charge in [0.2, 0.25) is 0 Å². The van der Waals surface area contributed by atoms with Crippen LogP contribution >= 0.6 is 11.6 Å². The van der Waals surface area contributed by atoms with Gasteiger partial charge in [-0.25, -0.2) is 0 Å². The first kappa shape index (κ1) is 25.0. The molecule has 0 aromatic heterocycles. The van der Waals surface area contributed by atoms with Crippen LogP contribution in [-0.2, 0) is 16.1 Å². The summed E-state index contributed by atoms with van der Waals surface area (Å²) >= 11 is 6.54. The topological polar surface area (TPSA) is 72.1 Å². The van der Waals surface area contributed by atoms with Crippen LogP contribution in [0.5, 0.6) is 11.5 Å². The lowest BCUT2D eigenvalue weighted by atomic mass is 10.1. The number of hydrogen-bond donors (Lipinski definition) is 2. The summed E-state index contributed by atoms with van der Waals surface area (Å²) in [5.41, 5.74) is 2.69. The molecular formula is C25H34ClN3O4. The monoisotopic (exact) mass is 475 g/mol. The van der Waals surface area contributed by atoms with Gasteiger partial charge < -0.3 is 29.7 Å². The van der Waals surface area contributed by atoms with E-state index in [1.165, 1.54) is 0 Å². The van der Waals surface area contributed by atoms with Crippen molar-refractivity contribution in [3.63, 3.8) is 0 Å². The van der Waals surface area contributed by atoms with Gasteiger partial charge >= 0.3 is 0 Å². The van der Waals surface area contributed by atoms with E-state index < -0.39 is 0 Å². The average molecular weight is 476 g/mol. The second kappa shape index (κ2) is 11.5. The standard InChI is InChI=1S/C25H34ClN3O4/c1-5-32-23-14-18(6-9-22(23)33-17-24(30)28-25(2,3)4)16-27-19-7-8-21(20(26)15-19)29-10-12-31-13-11-29/h6-9,14-15,27H,5,10-13,16-17H2,1-4H3,(H,28,30).